The fourth-order valence-corrected chi connectivity index (χ4v) is 9.62. The minimum Gasteiger partial charge on any atom is -0.504 e. The van der Waals surface area contributed by atoms with Crippen LogP contribution < -0.4 is 24.3 Å². The summed E-state index contributed by atoms with van der Waals surface area (Å²) in [5.74, 6) is -3.52. The number of fused-ring (bicyclic) bond motifs is 9. The molecule has 0 aliphatic carbocycles. The highest BCUT2D eigenvalue weighted by Gasteiger charge is 2.60. The lowest BCUT2D eigenvalue weighted by atomic mass is 9.73. The number of benzene rings is 2. The van der Waals surface area contributed by atoms with Crippen molar-refractivity contribution in [2.75, 3.05) is 33.3 Å². The Morgan fingerprint density at radius 1 is 1.10 bits per heavy atom. The second-order valence-electron chi connectivity index (χ2n) is 12.7. The van der Waals surface area contributed by atoms with Gasteiger partial charge in [-0.25, -0.2) is 4.79 Å². The molecule has 0 radical (unpaired) electrons. The van der Waals surface area contributed by atoms with E-state index in [0.29, 0.717) is 45.7 Å². The Balaban J connectivity index is 1.49. The van der Waals surface area contributed by atoms with Crippen molar-refractivity contribution in [3.8, 4) is 28.7 Å². The number of halogens is 3. The van der Waals surface area contributed by atoms with Crippen LogP contribution in [0, 0.1) is 13.8 Å². The molecule has 7 atom stereocenters. The number of phenolic OH excluding ortho intramolecular Hbond substituents is 1. The summed E-state index contributed by atoms with van der Waals surface area (Å²) < 4.78 is 68.9. The predicted octanol–water partition coefficient (Wildman–Crippen LogP) is 2.70. The van der Waals surface area contributed by atoms with Crippen LogP contribution in [0.1, 0.15) is 57.6 Å². The number of cyclic esters (lactones) is 1. The number of phenols is 1. The third-order valence-corrected chi connectivity index (χ3v) is 11.5. The average molecular weight is 710 g/mol. The first-order chi connectivity index (χ1) is 23.1. The molecule has 2 saturated heterocycles. The fraction of sp³-hybridized carbons (Fsp3) is 0.531. The van der Waals surface area contributed by atoms with Crippen LogP contribution in [0.25, 0.3) is 0 Å². The lowest BCUT2D eigenvalue weighted by Crippen LogP contribution is -2.69. The van der Waals surface area contributed by atoms with E-state index in [0.717, 1.165) is 17.3 Å². The molecule has 3 N–H and O–H groups in total. The maximum Gasteiger partial charge on any atom is 0.471 e. The van der Waals surface area contributed by atoms with E-state index in [1.165, 1.54) is 14.0 Å². The lowest BCUT2D eigenvalue weighted by Gasteiger charge is -2.62. The summed E-state index contributed by atoms with van der Waals surface area (Å²) in [6, 6.07) is -2.73. The number of hydrogen-bond donors (Lipinski definition) is 3. The molecular formula is C32H34F3N3O10S. The number of alkyl halides is 3. The zero-order chi connectivity index (χ0) is 35.3. The Bertz CT molecular complexity index is 1770. The van der Waals surface area contributed by atoms with Crippen LogP contribution in [0.5, 0.6) is 28.7 Å². The van der Waals surface area contributed by atoms with Gasteiger partial charge in [0.25, 0.3) is 0 Å². The first-order valence-corrected chi connectivity index (χ1v) is 16.6. The summed E-state index contributed by atoms with van der Waals surface area (Å²) >= 11 is 1.03. The number of amides is 1. The van der Waals surface area contributed by atoms with Gasteiger partial charge in [-0.05, 0) is 38.4 Å². The van der Waals surface area contributed by atoms with Crippen molar-refractivity contribution < 1.29 is 61.5 Å². The summed E-state index contributed by atoms with van der Waals surface area (Å²) in [6.45, 7) is 4.06. The van der Waals surface area contributed by atoms with Crippen molar-refractivity contribution in [3.63, 3.8) is 0 Å². The number of nitrogens with one attached hydrogen (secondary N) is 1. The van der Waals surface area contributed by atoms with E-state index in [-0.39, 0.29) is 24.0 Å². The van der Waals surface area contributed by atoms with E-state index in [4.69, 9.17) is 23.7 Å². The van der Waals surface area contributed by atoms with Gasteiger partial charge < -0.3 is 39.2 Å². The second kappa shape index (κ2) is 11.8. The zero-order valence-electron chi connectivity index (χ0n) is 27.0. The van der Waals surface area contributed by atoms with Gasteiger partial charge in [0.2, 0.25) is 6.79 Å². The zero-order valence-corrected chi connectivity index (χ0v) is 27.9. The Morgan fingerprint density at radius 2 is 1.82 bits per heavy atom. The number of hydrogen-bond acceptors (Lipinski definition) is 13. The molecule has 2 unspecified atom stereocenters. The monoisotopic (exact) mass is 709 g/mol. The number of thioether (sulfide) groups is 1. The van der Waals surface area contributed by atoms with Crippen molar-refractivity contribution >= 4 is 29.6 Å². The average Bonchev–Trinajstić information content (AvgIpc) is 3.52. The number of esters is 2. The molecule has 1 amide bonds. The molecule has 5 aliphatic rings. The Hall–Kier alpha value is -3.93. The first-order valence-electron chi connectivity index (χ1n) is 15.5. The maximum absolute atomic E-state index is 13.3. The van der Waals surface area contributed by atoms with E-state index < -0.39 is 78.1 Å². The number of aliphatic hydroxyl groups is 1. The highest BCUT2D eigenvalue weighted by atomic mass is 32.2. The quantitative estimate of drug-likeness (QED) is 0.316. The summed E-state index contributed by atoms with van der Waals surface area (Å²) in [6.07, 6.45) is -6.09. The summed E-state index contributed by atoms with van der Waals surface area (Å²) in [5.41, 5.74) is 3.32. The molecule has 5 aliphatic heterocycles. The molecular weight excluding hydrogens is 675 g/mol. The molecule has 17 heteroatoms. The molecule has 2 aromatic rings. The Morgan fingerprint density at radius 3 is 2.49 bits per heavy atom. The van der Waals surface area contributed by atoms with Crippen LogP contribution in [-0.2, 0) is 25.5 Å². The number of ether oxygens (including phenoxy) is 5. The third-order valence-electron chi connectivity index (χ3n) is 10.1. The number of nitrogens with zero attached hydrogens (tertiary/aromatic N) is 2. The minimum absolute atomic E-state index is 0.0915. The third kappa shape index (κ3) is 5.07. The SMILES string of the molecule is COc1c(C)cc2c(c1O)[C@@H]1C3[C@@H]4SCC(NC(=O)C(F)(F)F)C(=O)OC[C@H](c5c6c(c(C)c(OC(C)=O)c54)OCO6)N3[C@@H](O)[C@@H](C2)N1C. The highest BCUT2D eigenvalue weighted by molar-refractivity contribution is 7.99. The second-order valence-corrected chi connectivity index (χ2v) is 13.9. The standard InChI is InChI=1S/C32H34F3N3O10S/c1-11-6-14-7-16-29(41)38-17-8-45-30(42)15(36-31(43)32(33,34)35)9-49-28(22(38)21(37(16)4)18(14)23(40)24(11)44-5)20-19(17)27-26(46-10-47-27)12(2)25(20)48-13(3)39/h6,15-17,21-22,28-29,40-41H,7-10H2,1-5H3,(H,36,43)/t15?,16-,17-,21-,22?,28-,29+/m1/s1. The van der Waals surface area contributed by atoms with Crippen molar-refractivity contribution in [3.05, 3.63) is 39.4 Å². The normalized spacial score (nSPS) is 28.9. The Kier molecular flexibility index (Phi) is 8.11. The number of aromatic hydroxyl groups is 1. The van der Waals surface area contributed by atoms with Gasteiger partial charge in [-0.1, -0.05) is 6.07 Å². The smallest absolute Gasteiger partial charge is 0.471 e. The number of piperazine rings is 1. The van der Waals surface area contributed by atoms with Crippen LogP contribution in [0.3, 0.4) is 0 Å². The highest BCUT2D eigenvalue weighted by Crippen LogP contribution is 2.63. The fourth-order valence-electron chi connectivity index (χ4n) is 8.12. The molecule has 0 aromatic heterocycles. The van der Waals surface area contributed by atoms with Gasteiger partial charge >= 0.3 is 24.0 Å². The number of likely N-dealkylation sites (N-methyl/N-ethyl adjacent to an activating group) is 1. The predicted molar refractivity (Wildman–Crippen MR) is 165 cm³/mol. The van der Waals surface area contributed by atoms with E-state index in [1.807, 2.05) is 18.0 Å². The van der Waals surface area contributed by atoms with Gasteiger partial charge in [-0.2, -0.15) is 13.2 Å². The van der Waals surface area contributed by atoms with Crippen molar-refractivity contribution in [2.45, 2.75) is 75.1 Å². The Labute approximate surface area is 282 Å². The van der Waals surface area contributed by atoms with Gasteiger partial charge in [-0.15, -0.1) is 11.8 Å². The molecule has 4 bridgehead atoms. The van der Waals surface area contributed by atoms with Crippen LogP contribution in [0.4, 0.5) is 13.2 Å². The molecule has 2 fully saturated rings. The summed E-state index contributed by atoms with van der Waals surface area (Å²) in [5, 5.41) is 24.9. The van der Waals surface area contributed by atoms with E-state index in [1.54, 1.807) is 24.1 Å². The minimum atomic E-state index is -5.26. The molecule has 264 valence electrons. The molecule has 0 saturated carbocycles. The summed E-state index contributed by atoms with van der Waals surface area (Å²) in [4.78, 5) is 41.7. The number of carbonyl (C=O) groups excluding carboxylic acids is 3. The summed E-state index contributed by atoms with van der Waals surface area (Å²) in [7, 11) is 3.26. The van der Waals surface area contributed by atoms with Crippen LogP contribution in [-0.4, -0.2) is 102 Å². The lowest BCUT2D eigenvalue weighted by molar-refractivity contribution is -0.186. The number of aliphatic hydroxyl groups excluding tert-OH is 1. The van der Waals surface area contributed by atoms with Crippen LogP contribution in [0.15, 0.2) is 6.07 Å². The van der Waals surface area contributed by atoms with E-state index >= 15 is 0 Å². The number of aryl methyl sites for hydroxylation is 1. The van der Waals surface area contributed by atoms with Gasteiger partial charge in [0.05, 0.1) is 30.5 Å². The molecule has 0 spiro atoms. The van der Waals surface area contributed by atoms with Crippen molar-refractivity contribution in [1.82, 2.24) is 15.1 Å². The molecule has 5 heterocycles. The van der Waals surface area contributed by atoms with E-state index in [9.17, 15) is 37.8 Å². The largest absolute Gasteiger partial charge is 0.504 e. The number of methoxy groups -OCH3 is 1. The van der Waals surface area contributed by atoms with Crippen LogP contribution >= 0.6 is 11.8 Å². The number of carbonyl (C=O) groups is 3. The first kappa shape index (κ1) is 33.6. The molecule has 2 aromatic carbocycles. The molecule has 49 heavy (non-hydrogen) atoms. The van der Waals surface area contributed by atoms with Gasteiger partial charge in [0, 0.05) is 41.0 Å². The van der Waals surface area contributed by atoms with E-state index in [2.05, 4.69) is 0 Å². The molecule has 7 rings (SSSR count). The maximum atomic E-state index is 13.3. The van der Waals surface area contributed by atoms with Gasteiger partial charge in [0.1, 0.15) is 24.6 Å². The van der Waals surface area contributed by atoms with Crippen LogP contribution in [0.2, 0.25) is 0 Å². The molecule has 13 nitrogen and oxygen atoms in total. The number of rotatable bonds is 3. The van der Waals surface area contributed by atoms with Crippen molar-refractivity contribution in [1.29, 1.82) is 0 Å². The van der Waals surface area contributed by atoms with Crippen molar-refractivity contribution in [2.24, 2.45) is 0 Å². The van der Waals surface area contributed by atoms with Gasteiger partial charge in [0.15, 0.2) is 23.0 Å². The van der Waals surface area contributed by atoms with Gasteiger partial charge in [-0.3, -0.25) is 19.4 Å². The topological polar surface area (TPSA) is 156 Å².